The normalized spacial score (nSPS) is 22.1. The van der Waals surface area contributed by atoms with Gasteiger partial charge in [0.25, 0.3) is 0 Å². The second-order valence-electron chi connectivity index (χ2n) is 2.54. The topological polar surface area (TPSA) is 18.8 Å². The third-order valence-corrected chi connectivity index (χ3v) is 1.55. The van der Waals surface area contributed by atoms with Crippen molar-refractivity contribution in [1.82, 2.24) is 9.80 Å². The lowest BCUT2D eigenvalue weighted by Gasteiger charge is -2.29. The molecule has 1 aliphatic rings. The van der Waals surface area contributed by atoms with Gasteiger partial charge in [-0.05, 0) is 14.0 Å². The average Bonchev–Trinajstić information content (AvgIpc) is 1.80. The van der Waals surface area contributed by atoms with Crippen molar-refractivity contribution in [2.24, 2.45) is 4.99 Å². The summed E-state index contributed by atoms with van der Waals surface area (Å²) in [4.78, 5) is 8.55. The molecule has 3 heteroatoms. The lowest BCUT2D eigenvalue weighted by Crippen LogP contribution is -2.40. The highest BCUT2D eigenvalue weighted by Crippen LogP contribution is 1.97. The highest BCUT2D eigenvalue weighted by atomic mass is 15.4. The summed E-state index contributed by atoms with van der Waals surface area (Å²) in [6.45, 7) is 3.87. The zero-order chi connectivity index (χ0) is 6.85. The van der Waals surface area contributed by atoms with Crippen molar-refractivity contribution in [2.45, 2.75) is 6.92 Å². The third kappa shape index (κ3) is 1.42. The van der Waals surface area contributed by atoms with E-state index in [1.54, 1.807) is 0 Å². The molecule has 0 amide bonds. The Morgan fingerprint density at radius 3 is 2.56 bits per heavy atom. The average molecular weight is 127 g/mol. The van der Waals surface area contributed by atoms with Gasteiger partial charge in [0.05, 0.1) is 19.2 Å². The number of aliphatic imine (C=N–C) groups is 1. The minimum Gasteiger partial charge on any atom is -0.351 e. The summed E-state index contributed by atoms with van der Waals surface area (Å²) in [6, 6.07) is 0. The van der Waals surface area contributed by atoms with Gasteiger partial charge >= 0.3 is 0 Å². The number of amidine groups is 1. The maximum Gasteiger partial charge on any atom is 0.0981 e. The smallest absolute Gasteiger partial charge is 0.0981 e. The van der Waals surface area contributed by atoms with Crippen LogP contribution in [0.25, 0.3) is 0 Å². The number of rotatable bonds is 0. The predicted molar refractivity (Wildman–Crippen MR) is 38.4 cm³/mol. The molecular formula is C6H13N3. The van der Waals surface area contributed by atoms with Crippen LogP contribution in [0.15, 0.2) is 4.99 Å². The van der Waals surface area contributed by atoms with E-state index in [0.29, 0.717) is 0 Å². The van der Waals surface area contributed by atoms with Crippen LogP contribution in [0.5, 0.6) is 0 Å². The molecule has 0 bridgehead atoms. The van der Waals surface area contributed by atoms with Crippen molar-refractivity contribution in [1.29, 1.82) is 0 Å². The molecule has 0 radical (unpaired) electrons. The maximum absolute atomic E-state index is 4.26. The van der Waals surface area contributed by atoms with Gasteiger partial charge in [0.15, 0.2) is 0 Å². The minimum absolute atomic E-state index is 0.843. The molecule has 0 unspecified atom stereocenters. The van der Waals surface area contributed by atoms with E-state index >= 15 is 0 Å². The molecule has 0 aromatic heterocycles. The maximum atomic E-state index is 4.26. The summed E-state index contributed by atoms with van der Waals surface area (Å²) in [5, 5.41) is 0. The van der Waals surface area contributed by atoms with Crippen molar-refractivity contribution >= 4 is 5.84 Å². The predicted octanol–water partition coefficient (Wildman–Crippen LogP) is 0.197. The van der Waals surface area contributed by atoms with Gasteiger partial charge in [-0.3, -0.25) is 9.89 Å². The fourth-order valence-corrected chi connectivity index (χ4v) is 0.853. The van der Waals surface area contributed by atoms with Crippen LogP contribution in [-0.2, 0) is 0 Å². The molecule has 0 fully saturated rings. The quantitative estimate of drug-likeness (QED) is 0.463. The summed E-state index contributed by atoms with van der Waals surface area (Å²) in [5.41, 5.74) is 0. The molecular weight excluding hydrogens is 114 g/mol. The summed E-state index contributed by atoms with van der Waals surface area (Å²) in [7, 11) is 4.11. The molecule has 0 saturated carbocycles. The van der Waals surface area contributed by atoms with Crippen LogP contribution >= 0.6 is 0 Å². The van der Waals surface area contributed by atoms with Crippen molar-refractivity contribution in [3.05, 3.63) is 0 Å². The van der Waals surface area contributed by atoms with Crippen molar-refractivity contribution in [2.75, 3.05) is 27.4 Å². The van der Waals surface area contributed by atoms with E-state index in [4.69, 9.17) is 0 Å². The van der Waals surface area contributed by atoms with E-state index < -0.39 is 0 Å². The van der Waals surface area contributed by atoms with Crippen molar-refractivity contribution in [3.63, 3.8) is 0 Å². The highest BCUT2D eigenvalue weighted by Gasteiger charge is 2.08. The van der Waals surface area contributed by atoms with E-state index in [1.165, 1.54) is 0 Å². The Kier molecular flexibility index (Phi) is 1.71. The third-order valence-electron chi connectivity index (χ3n) is 1.55. The van der Waals surface area contributed by atoms with E-state index in [9.17, 15) is 0 Å². The monoisotopic (exact) mass is 127 g/mol. The van der Waals surface area contributed by atoms with Crippen LogP contribution in [0.2, 0.25) is 0 Å². The fraction of sp³-hybridized carbons (Fsp3) is 0.833. The van der Waals surface area contributed by atoms with Gasteiger partial charge < -0.3 is 4.90 Å². The second kappa shape index (κ2) is 2.35. The molecule has 1 aliphatic heterocycles. The highest BCUT2D eigenvalue weighted by molar-refractivity contribution is 5.79. The molecule has 0 aromatic carbocycles. The molecule has 1 rings (SSSR count). The summed E-state index contributed by atoms with van der Waals surface area (Å²) >= 11 is 0. The van der Waals surface area contributed by atoms with Gasteiger partial charge in [-0.15, -0.1) is 0 Å². The van der Waals surface area contributed by atoms with Crippen molar-refractivity contribution in [3.8, 4) is 0 Å². The van der Waals surface area contributed by atoms with Gasteiger partial charge in [-0.2, -0.15) is 0 Å². The fourth-order valence-electron chi connectivity index (χ4n) is 0.853. The molecule has 0 spiro atoms. The van der Waals surface area contributed by atoms with Crippen LogP contribution < -0.4 is 0 Å². The first-order chi connectivity index (χ1) is 4.20. The van der Waals surface area contributed by atoms with Crippen LogP contribution in [-0.4, -0.2) is 43.1 Å². The SMILES string of the molecule is CC1=NCN(C)CN1C. The first-order valence-corrected chi connectivity index (χ1v) is 3.11. The van der Waals surface area contributed by atoms with Crippen LogP contribution in [0.4, 0.5) is 0 Å². The largest absolute Gasteiger partial charge is 0.351 e. The zero-order valence-electron chi connectivity index (χ0n) is 6.26. The summed E-state index contributed by atoms with van der Waals surface area (Å²) in [5.74, 6) is 1.13. The standard InChI is InChI=1S/C6H13N3/c1-6-7-4-8(2)5-9(6)3/h4-5H2,1-3H3. The van der Waals surface area contributed by atoms with Crippen LogP contribution in [0, 0.1) is 0 Å². The molecule has 0 saturated heterocycles. The Labute approximate surface area is 56.0 Å². The molecule has 9 heavy (non-hydrogen) atoms. The second-order valence-corrected chi connectivity index (χ2v) is 2.54. The van der Waals surface area contributed by atoms with Gasteiger partial charge in [0.1, 0.15) is 0 Å². The van der Waals surface area contributed by atoms with Gasteiger partial charge in [-0.1, -0.05) is 0 Å². The molecule has 52 valence electrons. The first-order valence-electron chi connectivity index (χ1n) is 3.11. The molecule has 3 nitrogen and oxygen atoms in total. The van der Waals surface area contributed by atoms with E-state index in [2.05, 4.69) is 28.9 Å². The molecule has 1 heterocycles. The van der Waals surface area contributed by atoms with Gasteiger partial charge in [-0.25, -0.2) is 0 Å². The van der Waals surface area contributed by atoms with E-state index in [1.807, 2.05) is 6.92 Å². The summed E-state index contributed by atoms with van der Waals surface area (Å²) in [6.07, 6.45) is 0. The lowest BCUT2D eigenvalue weighted by atomic mass is 10.5. The number of hydrogen-bond acceptors (Lipinski definition) is 3. The van der Waals surface area contributed by atoms with Crippen LogP contribution in [0.1, 0.15) is 6.92 Å². The van der Waals surface area contributed by atoms with Crippen molar-refractivity contribution < 1.29 is 0 Å². The Morgan fingerprint density at radius 2 is 2.11 bits per heavy atom. The van der Waals surface area contributed by atoms with Crippen LogP contribution in [0.3, 0.4) is 0 Å². The number of hydrogen-bond donors (Lipinski definition) is 0. The zero-order valence-corrected chi connectivity index (χ0v) is 6.26. The minimum atomic E-state index is 0.843. The van der Waals surface area contributed by atoms with E-state index in [-0.39, 0.29) is 0 Å². The van der Waals surface area contributed by atoms with Gasteiger partial charge in [0, 0.05) is 7.05 Å². The Bertz CT molecular complexity index is 130. The first kappa shape index (κ1) is 6.55. The Morgan fingerprint density at radius 1 is 1.44 bits per heavy atom. The molecule has 0 aromatic rings. The summed E-state index contributed by atoms with van der Waals surface area (Å²) < 4.78 is 0. The Hall–Kier alpha value is -0.570. The van der Waals surface area contributed by atoms with E-state index in [0.717, 1.165) is 19.2 Å². The lowest BCUT2D eigenvalue weighted by molar-refractivity contribution is 0.229. The molecule has 0 atom stereocenters. The van der Waals surface area contributed by atoms with Gasteiger partial charge in [0.2, 0.25) is 0 Å². The Balaban J connectivity index is 2.56. The molecule has 0 aliphatic carbocycles. The number of nitrogens with zero attached hydrogens (tertiary/aromatic N) is 3. The molecule has 0 N–H and O–H groups in total.